The lowest BCUT2D eigenvalue weighted by molar-refractivity contribution is 0.00436. The molecule has 1 fully saturated rings. The van der Waals surface area contributed by atoms with Crippen molar-refractivity contribution in [3.05, 3.63) is 0 Å². The molecule has 6 nitrogen and oxygen atoms in total. The van der Waals surface area contributed by atoms with E-state index in [0.717, 1.165) is 52.1 Å². The van der Waals surface area contributed by atoms with Gasteiger partial charge in [0.1, 0.15) is 0 Å². The van der Waals surface area contributed by atoms with Gasteiger partial charge in [0.15, 0.2) is 0 Å². The Bertz CT molecular complexity index is 552. The van der Waals surface area contributed by atoms with Crippen molar-refractivity contribution >= 4 is 0 Å². The molecule has 0 aromatic heterocycles. The highest BCUT2D eigenvalue weighted by Crippen LogP contribution is 2.14. The summed E-state index contributed by atoms with van der Waals surface area (Å²) in [7, 11) is 0. The number of aliphatic hydroxyl groups is 2. The molecule has 1 saturated heterocycles. The molecule has 42 heavy (non-hydrogen) atoms. The van der Waals surface area contributed by atoms with E-state index >= 15 is 0 Å². The number of aliphatic hydroxyl groups excluding tert-OH is 2. The van der Waals surface area contributed by atoms with Crippen molar-refractivity contribution in [3.8, 4) is 0 Å². The van der Waals surface area contributed by atoms with Crippen LogP contribution in [0.2, 0.25) is 0 Å². The van der Waals surface area contributed by atoms with Crippen LogP contribution in [0.4, 0.5) is 0 Å². The summed E-state index contributed by atoms with van der Waals surface area (Å²) in [5.41, 5.74) is 0. The molecular formula is C36H74N2O4. The Balaban J connectivity index is 2.01. The van der Waals surface area contributed by atoms with E-state index in [-0.39, 0.29) is 0 Å². The number of nitrogens with zero attached hydrogens (tertiary/aromatic N) is 2. The Hall–Kier alpha value is -0.240. The summed E-state index contributed by atoms with van der Waals surface area (Å²) in [5.74, 6) is 0. The lowest BCUT2D eigenvalue weighted by atomic mass is 10.1. The molecule has 0 amide bonds. The molecule has 0 bridgehead atoms. The van der Waals surface area contributed by atoms with E-state index < -0.39 is 12.2 Å². The summed E-state index contributed by atoms with van der Waals surface area (Å²) in [6, 6.07) is 0.351. The summed E-state index contributed by atoms with van der Waals surface area (Å²) in [5, 5.41) is 21.1. The van der Waals surface area contributed by atoms with Crippen LogP contribution in [0.1, 0.15) is 156 Å². The summed E-state index contributed by atoms with van der Waals surface area (Å²) in [4.78, 5) is 4.76. The molecule has 0 aromatic carbocycles. The van der Waals surface area contributed by atoms with E-state index in [4.69, 9.17) is 9.47 Å². The van der Waals surface area contributed by atoms with Crippen LogP contribution in [0.25, 0.3) is 0 Å². The van der Waals surface area contributed by atoms with E-state index in [0.29, 0.717) is 32.3 Å². The van der Waals surface area contributed by atoms with Crippen LogP contribution in [0.5, 0.6) is 0 Å². The Morgan fingerprint density at radius 2 is 0.976 bits per heavy atom. The molecule has 6 heteroatoms. The molecule has 252 valence electrons. The molecule has 2 N–H and O–H groups in total. The number of ether oxygens (including phenoxy) is 2. The maximum absolute atomic E-state index is 10.6. The normalized spacial score (nSPS) is 18.4. The Labute approximate surface area is 262 Å². The average molecular weight is 599 g/mol. The minimum absolute atomic E-state index is 0.351. The highest BCUT2D eigenvalue weighted by atomic mass is 16.5. The zero-order valence-electron chi connectivity index (χ0n) is 28.6. The molecular weight excluding hydrogens is 524 g/mol. The first-order valence-electron chi connectivity index (χ1n) is 18.5. The highest BCUT2D eigenvalue weighted by Gasteiger charge is 2.24. The number of rotatable bonds is 30. The van der Waals surface area contributed by atoms with Crippen LogP contribution < -0.4 is 0 Å². The molecule has 3 unspecified atom stereocenters. The lowest BCUT2D eigenvalue weighted by Gasteiger charge is -2.31. The fourth-order valence-corrected chi connectivity index (χ4v) is 6.23. The van der Waals surface area contributed by atoms with Crippen molar-refractivity contribution < 1.29 is 19.7 Å². The summed E-state index contributed by atoms with van der Waals surface area (Å²) in [6.07, 6.45) is 26.7. The monoisotopic (exact) mass is 599 g/mol. The van der Waals surface area contributed by atoms with Crippen LogP contribution in [-0.2, 0) is 9.47 Å². The Kier molecular flexibility index (Phi) is 27.9. The SMILES string of the molecule is CCCCCCCCCCCCOCC(O)CN1CCCN(CC(O)COCCCCCCCCCCCC)C(C)C1. The molecule has 1 heterocycles. The fraction of sp³-hybridized carbons (Fsp3) is 1.00. The molecule has 3 atom stereocenters. The number of hydrogen-bond acceptors (Lipinski definition) is 6. The van der Waals surface area contributed by atoms with Gasteiger partial charge < -0.3 is 19.7 Å². The summed E-state index contributed by atoms with van der Waals surface area (Å²) < 4.78 is 11.6. The van der Waals surface area contributed by atoms with Gasteiger partial charge in [-0.25, -0.2) is 0 Å². The molecule has 0 spiro atoms. The van der Waals surface area contributed by atoms with E-state index in [1.165, 1.54) is 116 Å². The van der Waals surface area contributed by atoms with E-state index in [9.17, 15) is 10.2 Å². The van der Waals surface area contributed by atoms with Gasteiger partial charge >= 0.3 is 0 Å². The molecule has 0 saturated carbocycles. The quantitative estimate of drug-likeness (QED) is 0.0818. The van der Waals surface area contributed by atoms with E-state index in [1.807, 2.05) is 0 Å². The van der Waals surface area contributed by atoms with Crippen LogP contribution >= 0.6 is 0 Å². The van der Waals surface area contributed by atoms with E-state index in [1.54, 1.807) is 0 Å². The zero-order chi connectivity index (χ0) is 30.5. The van der Waals surface area contributed by atoms with Crippen LogP contribution in [0.3, 0.4) is 0 Å². The topological polar surface area (TPSA) is 65.4 Å². The maximum Gasteiger partial charge on any atom is 0.0900 e. The van der Waals surface area contributed by atoms with Gasteiger partial charge in [-0.15, -0.1) is 0 Å². The fourth-order valence-electron chi connectivity index (χ4n) is 6.23. The second-order valence-electron chi connectivity index (χ2n) is 13.3. The van der Waals surface area contributed by atoms with Gasteiger partial charge in [0, 0.05) is 38.9 Å². The Morgan fingerprint density at radius 1 is 0.571 bits per heavy atom. The maximum atomic E-state index is 10.6. The Morgan fingerprint density at radius 3 is 1.43 bits per heavy atom. The van der Waals surface area contributed by atoms with Crippen molar-refractivity contribution in [2.45, 2.75) is 174 Å². The van der Waals surface area contributed by atoms with Gasteiger partial charge in [-0.2, -0.15) is 0 Å². The van der Waals surface area contributed by atoms with Gasteiger partial charge in [0.05, 0.1) is 25.4 Å². The van der Waals surface area contributed by atoms with Crippen molar-refractivity contribution in [2.75, 3.05) is 59.2 Å². The first-order chi connectivity index (χ1) is 20.6. The van der Waals surface area contributed by atoms with Gasteiger partial charge in [-0.05, 0) is 39.3 Å². The molecule has 0 radical (unpaired) electrons. The van der Waals surface area contributed by atoms with Crippen molar-refractivity contribution in [3.63, 3.8) is 0 Å². The number of β-amino-alcohol motifs (C(OH)–C–C–N with tert-alkyl or cyclic N) is 2. The molecule has 1 rings (SSSR count). The standard InChI is InChI=1S/C36H74N2O4/c1-4-6-8-10-12-14-16-18-20-22-27-41-32-35(39)30-37-25-24-26-38(34(3)29-37)31-36(40)33-42-28-23-21-19-17-15-13-11-9-7-5-2/h34-36,39-40H,4-33H2,1-3H3. The third kappa shape index (κ3) is 24.1. The minimum Gasteiger partial charge on any atom is -0.389 e. The van der Waals surface area contributed by atoms with Gasteiger partial charge in [0.2, 0.25) is 0 Å². The van der Waals surface area contributed by atoms with Gasteiger partial charge in [0.25, 0.3) is 0 Å². The van der Waals surface area contributed by atoms with Gasteiger partial charge in [-0.3, -0.25) is 9.80 Å². The third-order valence-corrected chi connectivity index (χ3v) is 8.88. The lowest BCUT2D eigenvalue weighted by Crippen LogP contribution is -2.45. The molecule has 0 aliphatic carbocycles. The van der Waals surface area contributed by atoms with Crippen molar-refractivity contribution in [2.24, 2.45) is 0 Å². The molecule has 1 aliphatic heterocycles. The van der Waals surface area contributed by atoms with Crippen LogP contribution in [0, 0.1) is 0 Å². The van der Waals surface area contributed by atoms with Crippen molar-refractivity contribution in [1.29, 1.82) is 0 Å². The smallest absolute Gasteiger partial charge is 0.0900 e. The average Bonchev–Trinajstić information content (AvgIpc) is 3.14. The van der Waals surface area contributed by atoms with Gasteiger partial charge in [-0.1, -0.05) is 129 Å². The largest absolute Gasteiger partial charge is 0.389 e. The van der Waals surface area contributed by atoms with Crippen molar-refractivity contribution in [1.82, 2.24) is 9.80 Å². The van der Waals surface area contributed by atoms with E-state index in [2.05, 4.69) is 30.6 Å². The second kappa shape index (κ2) is 29.5. The number of unbranched alkanes of at least 4 members (excludes halogenated alkanes) is 18. The van der Waals surface area contributed by atoms with Crippen LogP contribution in [0.15, 0.2) is 0 Å². The third-order valence-electron chi connectivity index (χ3n) is 8.88. The first kappa shape index (κ1) is 39.8. The summed E-state index contributed by atoms with van der Waals surface area (Å²) >= 11 is 0. The first-order valence-corrected chi connectivity index (χ1v) is 18.5. The highest BCUT2D eigenvalue weighted by molar-refractivity contribution is 4.80. The molecule has 0 aromatic rings. The minimum atomic E-state index is -0.438. The number of hydrogen-bond donors (Lipinski definition) is 2. The predicted molar refractivity (Wildman–Crippen MR) is 179 cm³/mol. The summed E-state index contributed by atoms with van der Waals surface area (Å²) in [6.45, 7) is 13.4. The molecule has 1 aliphatic rings. The predicted octanol–water partition coefficient (Wildman–Crippen LogP) is 7.98. The zero-order valence-corrected chi connectivity index (χ0v) is 28.6. The van der Waals surface area contributed by atoms with Crippen LogP contribution in [-0.4, -0.2) is 97.4 Å². The second-order valence-corrected chi connectivity index (χ2v) is 13.3.